The summed E-state index contributed by atoms with van der Waals surface area (Å²) in [4.78, 5) is 29.4. The van der Waals surface area contributed by atoms with Gasteiger partial charge in [0.1, 0.15) is 17.2 Å². The highest BCUT2D eigenvalue weighted by molar-refractivity contribution is 6.04. The Kier molecular flexibility index (Phi) is 7.43. The van der Waals surface area contributed by atoms with Crippen LogP contribution in [0.3, 0.4) is 0 Å². The number of methoxy groups -OCH3 is 1. The second-order valence-corrected chi connectivity index (χ2v) is 9.14. The summed E-state index contributed by atoms with van der Waals surface area (Å²) in [6.45, 7) is 10.5. The fourth-order valence-electron chi connectivity index (χ4n) is 3.62. The number of aromatic nitrogens is 1. The summed E-state index contributed by atoms with van der Waals surface area (Å²) >= 11 is 0. The zero-order valence-electron chi connectivity index (χ0n) is 20.1. The van der Waals surface area contributed by atoms with Gasteiger partial charge in [-0.2, -0.15) is 0 Å². The summed E-state index contributed by atoms with van der Waals surface area (Å²) in [7, 11) is 1.57. The lowest BCUT2D eigenvalue weighted by atomic mass is 10.1. The highest BCUT2D eigenvalue weighted by Crippen LogP contribution is 2.32. The van der Waals surface area contributed by atoms with Gasteiger partial charge in [-0.25, -0.2) is 9.78 Å². The predicted octanol–water partition coefficient (Wildman–Crippen LogP) is 3.64. The lowest BCUT2D eigenvalue weighted by Gasteiger charge is -2.24. The minimum atomic E-state index is -0.594. The Labute approximate surface area is 194 Å². The average molecular weight is 456 g/mol. The quantitative estimate of drug-likeness (QED) is 0.481. The maximum Gasteiger partial charge on any atom is 0.408 e. The first-order chi connectivity index (χ1) is 15.6. The van der Waals surface area contributed by atoms with Gasteiger partial charge in [-0.05, 0) is 63.4 Å². The van der Waals surface area contributed by atoms with Crippen LogP contribution in [0.15, 0.2) is 24.3 Å². The van der Waals surface area contributed by atoms with Gasteiger partial charge in [-0.1, -0.05) is 12.1 Å². The summed E-state index contributed by atoms with van der Waals surface area (Å²) in [5, 5.41) is 12.3. The smallest absolute Gasteiger partial charge is 0.408 e. The minimum Gasteiger partial charge on any atom is -0.444 e. The molecule has 0 fully saturated rings. The maximum absolute atomic E-state index is 12.5. The van der Waals surface area contributed by atoms with Gasteiger partial charge < -0.3 is 30.7 Å². The third-order valence-corrected chi connectivity index (χ3v) is 5.11. The lowest BCUT2D eigenvalue weighted by Crippen LogP contribution is -2.45. The van der Waals surface area contributed by atoms with Gasteiger partial charge in [-0.3, -0.25) is 4.79 Å². The molecule has 0 spiro atoms. The standard InChI is InChI=1S/C24H33N5O4/c1-14-8-7-9-16(10-14)27-21-19-18(12-26-22(19)30)15(2)20(29-21)25-11-17(13-32-6)28-23(31)33-24(3,4)5/h7-10,17H,11-13H2,1-6H3,(H,26,30)(H,28,31)(H2,25,27,29). The van der Waals surface area contributed by atoms with Crippen molar-refractivity contribution in [2.45, 2.75) is 52.8 Å². The van der Waals surface area contributed by atoms with Gasteiger partial charge in [0, 0.05) is 25.9 Å². The zero-order valence-corrected chi connectivity index (χ0v) is 20.1. The predicted molar refractivity (Wildman–Crippen MR) is 128 cm³/mol. The van der Waals surface area contributed by atoms with Gasteiger partial charge in [0.25, 0.3) is 5.91 Å². The Morgan fingerprint density at radius 2 is 2.00 bits per heavy atom. The molecule has 178 valence electrons. The van der Waals surface area contributed by atoms with Gasteiger partial charge in [0.05, 0.1) is 18.2 Å². The van der Waals surface area contributed by atoms with Crippen molar-refractivity contribution in [2.75, 3.05) is 30.9 Å². The van der Waals surface area contributed by atoms with E-state index in [1.54, 1.807) is 7.11 Å². The summed E-state index contributed by atoms with van der Waals surface area (Å²) in [6, 6.07) is 7.54. The SMILES string of the molecule is COCC(CNc1nc(Nc2cccc(C)c2)c2c(c1C)CNC2=O)NC(=O)OC(C)(C)C. The molecular formula is C24H33N5O4. The van der Waals surface area contributed by atoms with Crippen LogP contribution in [0.4, 0.5) is 22.1 Å². The molecule has 0 saturated heterocycles. The van der Waals surface area contributed by atoms with Crippen LogP contribution < -0.4 is 21.3 Å². The van der Waals surface area contributed by atoms with Crippen LogP contribution in [0.2, 0.25) is 0 Å². The normalized spacial score (nSPS) is 13.7. The van der Waals surface area contributed by atoms with Crippen LogP contribution in [0.5, 0.6) is 0 Å². The number of nitrogens with one attached hydrogen (secondary N) is 4. The van der Waals surface area contributed by atoms with E-state index in [2.05, 4.69) is 21.3 Å². The van der Waals surface area contributed by atoms with Crippen molar-refractivity contribution in [3.8, 4) is 0 Å². The summed E-state index contributed by atoms with van der Waals surface area (Å²) in [5.74, 6) is 0.973. The van der Waals surface area contributed by atoms with Crippen LogP contribution in [0.25, 0.3) is 0 Å². The molecule has 1 aromatic carbocycles. The number of hydrogen-bond acceptors (Lipinski definition) is 7. The molecule has 4 N–H and O–H groups in total. The molecule has 0 radical (unpaired) electrons. The Hall–Kier alpha value is -3.33. The molecule has 2 heterocycles. The summed E-state index contributed by atoms with van der Waals surface area (Å²) in [6.07, 6.45) is -0.512. The first kappa shape index (κ1) is 24.3. The van der Waals surface area contributed by atoms with Crippen LogP contribution in [0, 0.1) is 13.8 Å². The Balaban J connectivity index is 1.82. The number of nitrogens with zero attached hydrogens (tertiary/aromatic N) is 1. The number of rotatable bonds is 8. The Morgan fingerprint density at radius 3 is 2.67 bits per heavy atom. The molecule has 1 atom stereocenters. The zero-order chi connectivity index (χ0) is 24.2. The molecule has 1 aliphatic rings. The Bertz CT molecular complexity index is 1030. The van der Waals surface area contributed by atoms with Crippen LogP contribution in [-0.4, -0.2) is 48.9 Å². The number of aryl methyl sites for hydroxylation is 1. The fourth-order valence-corrected chi connectivity index (χ4v) is 3.62. The fraction of sp³-hybridized carbons (Fsp3) is 0.458. The molecule has 33 heavy (non-hydrogen) atoms. The van der Waals surface area contributed by atoms with Gasteiger partial charge in [-0.15, -0.1) is 0 Å². The van der Waals surface area contributed by atoms with E-state index < -0.39 is 11.7 Å². The van der Waals surface area contributed by atoms with Crippen LogP contribution in [0.1, 0.15) is 47.8 Å². The number of fused-ring (bicyclic) bond motifs is 1. The summed E-state index contributed by atoms with van der Waals surface area (Å²) < 4.78 is 10.6. The van der Waals surface area contributed by atoms with Gasteiger partial charge in [0.15, 0.2) is 0 Å². The van der Waals surface area contributed by atoms with E-state index in [4.69, 9.17) is 14.5 Å². The van der Waals surface area contributed by atoms with Crippen molar-refractivity contribution in [3.05, 3.63) is 46.5 Å². The monoisotopic (exact) mass is 455 g/mol. The molecule has 3 rings (SSSR count). The highest BCUT2D eigenvalue weighted by Gasteiger charge is 2.28. The van der Waals surface area contributed by atoms with E-state index in [-0.39, 0.29) is 11.9 Å². The van der Waals surface area contributed by atoms with Crippen molar-refractivity contribution in [2.24, 2.45) is 0 Å². The van der Waals surface area contributed by atoms with Crippen LogP contribution in [-0.2, 0) is 16.0 Å². The van der Waals surface area contributed by atoms with Crippen molar-refractivity contribution in [1.29, 1.82) is 0 Å². The van der Waals surface area contributed by atoms with E-state index in [0.29, 0.717) is 36.9 Å². The minimum absolute atomic E-state index is 0.147. The molecular weight excluding hydrogens is 422 g/mol. The van der Waals surface area contributed by atoms with Crippen molar-refractivity contribution < 1.29 is 19.1 Å². The van der Waals surface area contributed by atoms with E-state index in [0.717, 1.165) is 22.4 Å². The molecule has 9 nitrogen and oxygen atoms in total. The highest BCUT2D eigenvalue weighted by atomic mass is 16.6. The molecule has 9 heteroatoms. The second kappa shape index (κ2) is 10.1. The molecule has 0 aliphatic carbocycles. The third-order valence-electron chi connectivity index (χ3n) is 5.11. The van der Waals surface area contributed by atoms with Crippen LogP contribution >= 0.6 is 0 Å². The first-order valence-electron chi connectivity index (χ1n) is 10.9. The molecule has 2 amide bonds. The van der Waals surface area contributed by atoms with Crippen molar-refractivity contribution in [1.82, 2.24) is 15.6 Å². The van der Waals surface area contributed by atoms with Gasteiger partial charge >= 0.3 is 6.09 Å². The van der Waals surface area contributed by atoms with E-state index >= 15 is 0 Å². The number of carbonyl (C=O) groups is 2. The third kappa shape index (κ3) is 6.35. The number of alkyl carbamates (subject to hydrolysis) is 1. The Morgan fingerprint density at radius 1 is 1.24 bits per heavy atom. The second-order valence-electron chi connectivity index (χ2n) is 9.14. The number of ether oxygens (including phenoxy) is 2. The number of anilines is 3. The molecule has 2 aromatic rings. The van der Waals surface area contributed by atoms with Crippen molar-refractivity contribution >= 4 is 29.3 Å². The molecule has 0 saturated carbocycles. The number of benzene rings is 1. The van der Waals surface area contributed by atoms with Gasteiger partial charge in [0.2, 0.25) is 0 Å². The number of hydrogen-bond donors (Lipinski definition) is 4. The molecule has 0 bridgehead atoms. The largest absolute Gasteiger partial charge is 0.444 e. The number of amides is 2. The average Bonchev–Trinajstić information content (AvgIpc) is 3.10. The number of carbonyl (C=O) groups excluding carboxylic acids is 2. The molecule has 1 aliphatic heterocycles. The molecule has 1 aromatic heterocycles. The summed E-state index contributed by atoms with van der Waals surface area (Å²) in [5.41, 5.74) is 3.69. The number of pyridine rings is 1. The first-order valence-corrected chi connectivity index (χ1v) is 10.9. The van der Waals surface area contributed by atoms with E-state index in [9.17, 15) is 9.59 Å². The van der Waals surface area contributed by atoms with Crippen molar-refractivity contribution in [3.63, 3.8) is 0 Å². The van der Waals surface area contributed by atoms with E-state index in [1.165, 1.54) is 0 Å². The maximum atomic E-state index is 12.5. The van der Waals surface area contributed by atoms with E-state index in [1.807, 2.05) is 58.9 Å². The topological polar surface area (TPSA) is 114 Å². The molecule has 1 unspecified atom stereocenters. The lowest BCUT2D eigenvalue weighted by molar-refractivity contribution is 0.0474.